The van der Waals surface area contributed by atoms with Gasteiger partial charge in [0.05, 0.1) is 10.9 Å². The van der Waals surface area contributed by atoms with Gasteiger partial charge in [-0.05, 0) is 48.6 Å². The molecular weight excluding hydrogens is 426 g/mol. The Balaban J connectivity index is 1.75. The number of rotatable bonds is 3. The Morgan fingerprint density at radius 2 is 1.62 bits per heavy atom. The minimum absolute atomic E-state index is 0.0368. The van der Waals surface area contributed by atoms with Gasteiger partial charge < -0.3 is 10.2 Å². The van der Waals surface area contributed by atoms with Crippen molar-refractivity contribution in [3.05, 3.63) is 93.1 Å². The zero-order valence-electron chi connectivity index (χ0n) is 15.8. The van der Waals surface area contributed by atoms with E-state index in [1.54, 1.807) is 0 Å². The normalized spacial score (nSPS) is 15.2. The fraction of sp³-hybridized carbons (Fsp3) is 0.160. The molecule has 144 valence electrons. The fourth-order valence-corrected chi connectivity index (χ4v) is 4.40. The lowest BCUT2D eigenvalue weighted by Gasteiger charge is -2.38. The summed E-state index contributed by atoms with van der Waals surface area (Å²) in [6.07, 6.45) is 3.18. The Hall–Kier alpha value is -2.69. The van der Waals surface area contributed by atoms with Crippen molar-refractivity contribution in [2.24, 2.45) is 5.73 Å². The maximum absolute atomic E-state index is 13.5. The number of nitrogens with two attached hydrogens (primary N) is 1. The zero-order valence-corrected chi connectivity index (χ0v) is 17.4. The molecule has 29 heavy (non-hydrogen) atoms. The lowest BCUT2D eigenvalue weighted by atomic mass is 9.72. The van der Waals surface area contributed by atoms with Gasteiger partial charge in [0.2, 0.25) is 5.43 Å². The van der Waals surface area contributed by atoms with Crippen LogP contribution in [0.25, 0.3) is 33.4 Å². The molecule has 1 fully saturated rings. The van der Waals surface area contributed by atoms with E-state index in [0.29, 0.717) is 22.3 Å². The van der Waals surface area contributed by atoms with Crippen molar-refractivity contribution in [2.45, 2.75) is 24.8 Å². The smallest absolute Gasteiger partial charge is 0.201 e. The third-order valence-electron chi connectivity index (χ3n) is 5.88. The van der Waals surface area contributed by atoms with Crippen LogP contribution in [0.15, 0.2) is 86.5 Å². The second-order valence-corrected chi connectivity index (χ2v) is 8.64. The number of benzene rings is 3. The maximum atomic E-state index is 13.5. The van der Waals surface area contributed by atoms with E-state index in [4.69, 9.17) is 10.2 Å². The monoisotopic (exact) mass is 445 g/mol. The minimum atomic E-state index is -0.223. The molecule has 0 saturated heterocycles. The molecule has 0 unspecified atom stereocenters. The summed E-state index contributed by atoms with van der Waals surface area (Å²) in [6, 6.07) is 23.4. The first-order valence-electron chi connectivity index (χ1n) is 9.77. The molecule has 4 heteroatoms. The number of fused-ring (bicyclic) bond motifs is 1. The van der Waals surface area contributed by atoms with Crippen LogP contribution in [0.1, 0.15) is 24.8 Å². The van der Waals surface area contributed by atoms with Crippen LogP contribution in [0, 0.1) is 0 Å². The van der Waals surface area contributed by atoms with Crippen LogP contribution in [0.2, 0.25) is 0 Å². The lowest BCUT2D eigenvalue weighted by molar-refractivity contribution is 0.253. The highest BCUT2D eigenvalue weighted by atomic mass is 79.9. The molecule has 1 aromatic heterocycles. The van der Waals surface area contributed by atoms with Crippen molar-refractivity contribution in [2.75, 3.05) is 0 Å². The summed E-state index contributed by atoms with van der Waals surface area (Å²) in [5, 5.41) is 0.562. The van der Waals surface area contributed by atoms with Gasteiger partial charge in [-0.2, -0.15) is 0 Å². The summed E-state index contributed by atoms with van der Waals surface area (Å²) in [5.41, 5.74) is 10.2. The molecule has 1 heterocycles. The third-order valence-corrected chi connectivity index (χ3v) is 6.38. The van der Waals surface area contributed by atoms with Crippen molar-refractivity contribution in [3.8, 4) is 22.5 Å². The Morgan fingerprint density at radius 3 is 2.28 bits per heavy atom. The topological polar surface area (TPSA) is 56.2 Å². The standard InChI is InChI=1S/C25H20BrNO2/c26-19-11-12-21-20(15-19)23(28)22(24(29-21)17-5-2-1-3-6-17)16-7-9-18(10-8-16)25(27)13-4-14-25/h1-3,5-12,15H,4,13-14,27H2. The summed E-state index contributed by atoms with van der Waals surface area (Å²) in [7, 11) is 0. The highest BCUT2D eigenvalue weighted by molar-refractivity contribution is 9.10. The van der Waals surface area contributed by atoms with Gasteiger partial charge in [-0.1, -0.05) is 70.5 Å². The average molecular weight is 446 g/mol. The Morgan fingerprint density at radius 1 is 0.897 bits per heavy atom. The molecule has 0 radical (unpaired) electrons. The zero-order chi connectivity index (χ0) is 20.0. The van der Waals surface area contributed by atoms with Crippen molar-refractivity contribution >= 4 is 26.9 Å². The van der Waals surface area contributed by atoms with E-state index in [1.165, 1.54) is 6.42 Å². The van der Waals surface area contributed by atoms with Crippen LogP contribution in [0.3, 0.4) is 0 Å². The Kier molecular flexibility index (Phi) is 4.41. The number of hydrogen-bond acceptors (Lipinski definition) is 3. The molecule has 2 N–H and O–H groups in total. The van der Waals surface area contributed by atoms with E-state index < -0.39 is 0 Å². The van der Waals surface area contributed by atoms with E-state index >= 15 is 0 Å². The molecule has 1 aliphatic rings. The summed E-state index contributed by atoms with van der Waals surface area (Å²) >= 11 is 3.46. The van der Waals surface area contributed by atoms with Gasteiger partial charge in [-0.25, -0.2) is 0 Å². The Labute approximate surface area is 177 Å². The molecule has 0 spiro atoms. The van der Waals surface area contributed by atoms with Gasteiger partial charge in [-0.15, -0.1) is 0 Å². The summed E-state index contributed by atoms with van der Waals surface area (Å²) in [6.45, 7) is 0. The molecule has 1 saturated carbocycles. The van der Waals surface area contributed by atoms with E-state index in [0.717, 1.165) is 34.0 Å². The minimum Gasteiger partial charge on any atom is -0.455 e. The summed E-state index contributed by atoms with van der Waals surface area (Å²) < 4.78 is 7.10. The third kappa shape index (κ3) is 3.13. The van der Waals surface area contributed by atoms with Crippen LogP contribution >= 0.6 is 15.9 Å². The van der Waals surface area contributed by atoms with Crippen LogP contribution in [-0.2, 0) is 5.54 Å². The molecule has 0 amide bonds. The van der Waals surface area contributed by atoms with Crippen LogP contribution in [0.5, 0.6) is 0 Å². The van der Waals surface area contributed by atoms with Crippen molar-refractivity contribution < 1.29 is 4.42 Å². The van der Waals surface area contributed by atoms with Crippen molar-refractivity contribution in [3.63, 3.8) is 0 Å². The molecule has 3 nitrogen and oxygen atoms in total. The second-order valence-electron chi connectivity index (χ2n) is 7.73. The van der Waals surface area contributed by atoms with Gasteiger partial charge in [0.25, 0.3) is 0 Å². The maximum Gasteiger partial charge on any atom is 0.201 e. The molecule has 1 aliphatic carbocycles. The molecule has 4 aromatic rings. The molecule has 0 bridgehead atoms. The largest absolute Gasteiger partial charge is 0.455 e. The number of hydrogen-bond donors (Lipinski definition) is 1. The Bertz CT molecular complexity index is 1260. The van der Waals surface area contributed by atoms with Gasteiger partial charge in [0, 0.05) is 15.6 Å². The first kappa shape index (κ1) is 18.3. The average Bonchev–Trinajstić information content (AvgIpc) is 2.73. The van der Waals surface area contributed by atoms with Gasteiger partial charge >= 0.3 is 0 Å². The predicted molar refractivity (Wildman–Crippen MR) is 121 cm³/mol. The van der Waals surface area contributed by atoms with E-state index in [2.05, 4.69) is 15.9 Å². The van der Waals surface area contributed by atoms with Crippen LogP contribution in [-0.4, -0.2) is 0 Å². The first-order chi connectivity index (χ1) is 14.0. The van der Waals surface area contributed by atoms with Crippen molar-refractivity contribution in [1.29, 1.82) is 0 Å². The van der Waals surface area contributed by atoms with Gasteiger partial charge in [0.15, 0.2) is 0 Å². The van der Waals surface area contributed by atoms with E-state index in [-0.39, 0.29) is 11.0 Å². The quantitative estimate of drug-likeness (QED) is 0.406. The van der Waals surface area contributed by atoms with E-state index in [1.807, 2.05) is 72.8 Å². The van der Waals surface area contributed by atoms with Crippen LogP contribution < -0.4 is 11.2 Å². The van der Waals surface area contributed by atoms with Gasteiger partial charge in [-0.3, -0.25) is 4.79 Å². The molecule has 0 atom stereocenters. The summed E-state index contributed by atoms with van der Waals surface area (Å²) in [4.78, 5) is 13.5. The van der Waals surface area contributed by atoms with Crippen molar-refractivity contribution in [1.82, 2.24) is 0 Å². The second kappa shape index (κ2) is 6.97. The SMILES string of the molecule is NC1(c2ccc(-c3c(-c4ccccc4)oc4ccc(Br)cc4c3=O)cc2)CCC1. The van der Waals surface area contributed by atoms with E-state index in [9.17, 15) is 4.79 Å². The lowest BCUT2D eigenvalue weighted by Crippen LogP contribution is -2.43. The molecule has 3 aromatic carbocycles. The number of halogens is 1. The van der Waals surface area contributed by atoms with Crippen LogP contribution in [0.4, 0.5) is 0 Å². The van der Waals surface area contributed by atoms with Gasteiger partial charge in [0.1, 0.15) is 11.3 Å². The summed E-state index contributed by atoms with van der Waals surface area (Å²) in [5.74, 6) is 0.587. The highest BCUT2D eigenvalue weighted by Gasteiger charge is 2.34. The molecular formula is C25H20BrNO2. The highest BCUT2D eigenvalue weighted by Crippen LogP contribution is 2.40. The molecule has 5 rings (SSSR count). The molecule has 0 aliphatic heterocycles. The fourth-order valence-electron chi connectivity index (χ4n) is 4.04. The first-order valence-corrected chi connectivity index (χ1v) is 10.6. The predicted octanol–water partition coefficient (Wildman–Crippen LogP) is 6.23.